The summed E-state index contributed by atoms with van der Waals surface area (Å²) < 4.78 is 10.3. The van der Waals surface area contributed by atoms with Gasteiger partial charge in [0, 0.05) is 30.1 Å². The van der Waals surface area contributed by atoms with Gasteiger partial charge in [0.2, 0.25) is 5.91 Å². The number of rotatable bonds is 7. The van der Waals surface area contributed by atoms with Crippen molar-refractivity contribution in [3.63, 3.8) is 0 Å². The van der Waals surface area contributed by atoms with Crippen LogP contribution in [0.15, 0.2) is 47.3 Å². The van der Waals surface area contributed by atoms with Gasteiger partial charge < -0.3 is 14.5 Å². The average molecular weight is 426 g/mol. The Hall–Kier alpha value is -3.17. The quantitative estimate of drug-likeness (QED) is 0.601. The van der Waals surface area contributed by atoms with E-state index < -0.39 is 0 Å². The highest BCUT2D eigenvalue weighted by Crippen LogP contribution is 2.28. The lowest BCUT2D eigenvalue weighted by atomic mass is 10.2. The van der Waals surface area contributed by atoms with Gasteiger partial charge in [0.1, 0.15) is 12.0 Å². The van der Waals surface area contributed by atoms with Crippen LogP contribution < -0.4 is 15.4 Å². The van der Waals surface area contributed by atoms with E-state index in [1.165, 1.54) is 23.9 Å². The third kappa shape index (κ3) is 4.87. The first-order valence-electron chi connectivity index (χ1n) is 9.68. The molecule has 0 unspecified atom stereocenters. The van der Waals surface area contributed by atoms with Gasteiger partial charge in [-0.05, 0) is 37.3 Å². The van der Waals surface area contributed by atoms with E-state index in [1.807, 2.05) is 31.2 Å². The highest BCUT2D eigenvalue weighted by atomic mass is 32.1. The molecule has 0 spiro atoms. The van der Waals surface area contributed by atoms with Crippen LogP contribution in [0, 0.1) is 0 Å². The molecule has 0 saturated heterocycles. The summed E-state index contributed by atoms with van der Waals surface area (Å²) in [5.74, 6) is 0.460. The lowest BCUT2D eigenvalue weighted by Crippen LogP contribution is -2.36. The molecule has 8 nitrogen and oxygen atoms in total. The molecule has 1 aliphatic rings. The third-order valence-corrected chi connectivity index (χ3v) is 5.63. The largest absolute Gasteiger partial charge is 0.494 e. The number of thiazole rings is 1. The number of carbonyl (C=O) groups is 2. The summed E-state index contributed by atoms with van der Waals surface area (Å²) in [6, 6.07) is 8.93. The predicted molar refractivity (Wildman–Crippen MR) is 114 cm³/mol. The molecule has 0 aliphatic carbocycles. The van der Waals surface area contributed by atoms with Crippen LogP contribution in [0.25, 0.3) is 0 Å². The maximum Gasteiger partial charge on any atom is 0.260 e. The van der Waals surface area contributed by atoms with Crippen LogP contribution in [-0.2, 0) is 17.8 Å². The number of amides is 2. The molecule has 2 aromatic heterocycles. The standard InChI is InChI=1S/C21H22N4O4S/c1-2-29-16-5-3-15(4-6-16)22-19(26)12-25-9-7-17-18(11-25)30-21(23-17)24-20(27)14-8-10-28-13-14/h3-6,8,10,13H,2,7,9,11-12H2,1H3,(H,22,26)(H,23,24,27). The summed E-state index contributed by atoms with van der Waals surface area (Å²) in [6.07, 6.45) is 3.59. The molecule has 2 amide bonds. The molecule has 0 atom stereocenters. The number of anilines is 2. The number of carbonyl (C=O) groups excluding carboxylic acids is 2. The lowest BCUT2D eigenvalue weighted by Gasteiger charge is -2.25. The Morgan fingerprint density at radius 2 is 2.07 bits per heavy atom. The predicted octanol–water partition coefficient (Wildman–Crippen LogP) is 3.38. The van der Waals surface area contributed by atoms with Gasteiger partial charge in [0.15, 0.2) is 5.13 Å². The van der Waals surface area contributed by atoms with E-state index in [2.05, 4.69) is 20.5 Å². The van der Waals surface area contributed by atoms with Crippen molar-refractivity contribution < 1.29 is 18.7 Å². The van der Waals surface area contributed by atoms with E-state index in [4.69, 9.17) is 9.15 Å². The molecule has 156 valence electrons. The minimum Gasteiger partial charge on any atom is -0.494 e. The third-order valence-electron chi connectivity index (χ3n) is 4.63. The van der Waals surface area contributed by atoms with Gasteiger partial charge in [-0.25, -0.2) is 4.98 Å². The van der Waals surface area contributed by atoms with Crippen molar-refractivity contribution in [1.29, 1.82) is 0 Å². The maximum absolute atomic E-state index is 12.4. The summed E-state index contributed by atoms with van der Waals surface area (Å²) >= 11 is 1.44. The van der Waals surface area contributed by atoms with Gasteiger partial charge in [-0.1, -0.05) is 0 Å². The number of nitrogens with zero attached hydrogens (tertiary/aromatic N) is 2. The van der Waals surface area contributed by atoms with Crippen LogP contribution in [0.1, 0.15) is 27.9 Å². The highest BCUT2D eigenvalue weighted by molar-refractivity contribution is 7.15. The summed E-state index contributed by atoms with van der Waals surface area (Å²) in [5, 5.41) is 6.28. The Morgan fingerprint density at radius 3 is 2.80 bits per heavy atom. The summed E-state index contributed by atoms with van der Waals surface area (Å²) in [4.78, 5) is 32.2. The molecule has 3 heterocycles. The number of nitrogens with one attached hydrogen (secondary N) is 2. The molecular weight excluding hydrogens is 404 g/mol. The number of aromatic nitrogens is 1. The highest BCUT2D eigenvalue weighted by Gasteiger charge is 2.23. The normalized spacial score (nSPS) is 13.5. The second-order valence-electron chi connectivity index (χ2n) is 6.82. The van der Waals surface area contributed by atoms with Crippen molar-refractivity contribution in [3.05, 3.63) is 59.0 Å². The SMILES string of the molecule is CCOc1ccc(NC(=O)CN2CCc3nc(NC(=O)c4ccoc4)sc3C2)cc1. The van der Waals surface area contributed by atoms with Crippen LogP contribution in [0.5, 0.6) is 5.75 Å². The van der Waals surface area contributed by atoms with Gasteiger partial charge in [0.05, 0.1) is 30.7 Å². The first kappa shape index (κ1) is 20.1. The van der Waals surface area contributed by atoms with Crippen molar-refractivity contribution in [1.82, 2.24) is 9.88 Å². The zero-order chi connectivity index (χ0) is 20.9. The molecule has 30 heavy (non-hydrogen) atoms. The van der Waals surface area contributed by atoms with Gasteiger partial charge in [0.25, 0.3) is 5.91 Å². The van der Waals surface area contributed by atoms with E-state index >= 15 is 0 Å². The topological polar surface area (TPSA) is 96.7 Å². The first-order chi connectivity index (χ1) is 14.6. The fraction of sp³-hybridized carbons (Fsp3) is 0.286. The molecule has 9 heteroatoms. The number of furan rings is 1. The number of benzene rings is 1. The molecule has 3 aromatic rings. The van der Waals surface area contributed by atoms with Crippen molar-refractivity contribution in [3.8, 4) is 5.75 Å². The molecule has 2 N–H and O–H groups in total. The smallest absolute Gasteiger partial charge is 0.260 e. The van der Waals surface area contributed by atoms with Crippen LogP contribution in [-0.4, -0.2) is 41.4 Å². The van der Waals surface area contributed by atoms with Gasteiger partial charge >= 0.3 is 0 Å². The molecule has 1 aliphatic heterocycles. The maximum atomic E-state index is 12.4. The second kappa shape index (κ2) is 9.10. The lowest BCUT2D eigenvalue weighted by molar-refractivity contribution is -0.117. The minimum atomic E-state index is -0.249. The van der Waals surface area contributed by atoms with Crippen molar-refractivity contribution in [2.24, 2.45) is 0 Å². The molecular formula is C21H22N4O4S. The van der Waals surface area contributed by atoms with Crippen molar-refractivity contribution >= 4 is 34.0 Å². The van der Waals surface area contributed by atoms with Crippen molar-refractivity contribution in [2.75, 3.05) is 30.3 Å². The van der Waals surface area contributed by atoms with Crippen LogP contribution in [0.3, 0.4) is 0 Å². The monoisotopic (exact) mass is 426 g/mol. The fourth-order valence-corrected chi connectivity index (χ4v) is 4.25. The summed E-state index contributed by atoms with van der Waals surface area (Å²) in [6.45, 7) is 4.20. The van der Waals surface area contributed by atoms with Crippen LogP contribution >= 0.6 is 11.3 Å². The van der Waals surface area contributed by atoms with E-state index in [9.17, 15) is 9.59 Å². The Kier molecular flexibility index (Phi) is 6.10. The molecule has 4 rings (SSSR count). The van der Waals surface area contributed by atoms with Crippen molar-refractivity contribution in [2.45, 2.75) is 19.9 Å². The summed E-state index contributed by atoms with van der Waals surface area (Å²) in [7, 11) is 0. The zero-order valence-electron chi connectivity index (χ0n) is 16.5. The molecule has 0 fully saturated rings. The number of fused-ring (bicyclic) bond motifs is 1. The van der Waals surface area contributed by atoms with E-state index in [-0.39, 0.29) is 11.8 Å². The Labute approximate surface area is 177 Å². The average Bonchev–Trinajstić information content (AvgIpc) is 3.39. The molecule has 1 aromatic carbocycles. The molecule has 0 bridgehead atoms. The zero-order valence-corrected chi connectivity index (χ0v) is 17.3. The number of hydrogen-bond donors (Lipinski definition) is 2. The van der Waals surface area contributed by atoms with Gasteiger partial charge in [-0.15, -0.1) is 11.3 Å². The molecule has 0 radical (unpaired) electrons. The van der Waals surface area contributed by atoms with Gasteiger partial charge in [-0.3, -0.25) is 19.8 Å². The second-order valence-corrected chi connectivity index (χ2v) is 7.90. The Bertz CT molecular complexity index is 1010. The van der Waals surface area contributed by atoms with Crippen LogP contribution in [0.2, 0.25) is 0 Å². The van der Waals surface area contributed by atoms with Crippen LogP contribution in [0.4, 0.5) is 10.8 Å². The minimum absolute atomic E-state index is 0.0689. The Balaban J connectivity index is 1.31. The summed E-state index contributed by atoms with van der Waals surface area (Å²) in [5.41, 5.74) is 2.17. The van der Waals surface area contributed by atoms with E-state index in [0.29, 0.717) is 30.4 Å². The number of ether oxygens (including phenoxy) is 1. The van der Waals surface area contributed by atoms with E-state index in [1.54, 1.807) is 6.07 Å². The van der Waals surface area contributed by atoms with Gasteiger partial charge in [-0.2, -0.15) is 0 Å². The number of hydrogen-bond acceptors (Lipinski definition) is 7. The Morgan fingerprint density at radius 1 is 1.23 bits per heavy atom. The van der Waals surface area contributed by atoms with E-state index in [0.717, 1.165) is 35.0 Å². The fourth-order valence-electron chi connectivity index (χ4n) is 3.20. The molecule has 0 saturated carbocycles. The first-order valence-corrected chi connectivity index (χ1v) is 10.5.